The molecule has 2 heterocycles. The lowest BCUT2D eigenvalue weighted by Crippen LogP contribution is -2.21. The maximum absolute atomic E-state index is 10.6. The number of carboxylic acids is 1. The van der Waals surface area contributed by atoms with Crippen LogP contribution in [0.1, 0.15) is 11.4 Å². The second kappa shape index (κ2) is 6.57. The fourth-order valence-corrected chi connectivity index (χ4v) is 2.52. The van der Waals surface area contributed by atoms with Gasteiger partial charge in [0.2, 0.25) is 5.95 Å². The number of hydrogen-bond donors (Lipinski definition) is 1. The summed E-state index contributed by atoms with van der Waals surface area (Å²) in [4.78, 5) is 17.0. The Morgan fingerprint density at radius 1 is 1.43 bits per heavy atom. The minimum Gasteiger partial charge on any atom is -0.481 e. The van der Waals surface area contributed by atoms with Crippen LogP contribution in [0.25, 0.3) is 0 Å². The van der Waals surface area contributed by atoms with Crippen LogP contribution in [0, 0.1) is 6.92 Å². The van der Waals surface area contributed by atoms with Gasteiger partial charge in [0.15, 0.2) is 5.16 Å². The van der Waals surface area contributed by atoms with Crippen LogP contribution in [0.4, 0.5) is 5.95 Å². The van der Waals surface area contributed by atoms with Crippen molar-refractivity contribution < 1.29 is 9.90 Å². The lowest BCUT2D eigenvalue weighted by Gasteiger charge is -2.17. The van der Waals surface area contributed by atoms with E-state index in [0.717, 1.165) is 23.1 Å². The largest absolute Gasteiger partial charge is 0.481 e. The van der Waals surface area contributed by atoms with E-state index in [9.17, 15) is 4.79 Å². The van der Waals surface area contributed by atoms with Crippen LogP contribution < -0.4 is 4.90 Å². The maximum Gasteiger partial charge on any atom is 0.313 e. The molecule has 2 aromatic rings. The van der Waals surface area contributed by atoms with Gasteiger partial charge in [-0.2, -0.15) is 0 Å². The predicted octanol–water partition coefficient (Wildman–Crippen LogP) is 1.33. The monoisotopic (exact) mass is 307 g/mol. The molecular formula is C13H17N5O2S. The molecule has 0 radical (unpaired) electrons. The highest BCUT2D eigenvalue weighted by molar-refractivity contribution is 7.99. The molecule has 7 nitrogen and oxygen atoms in total. The summed E-state index contributed by atoms with van der Waals surface area (Å²) in [6.07, 6.45) is 0. The van der Waals surface area contributed by atoms with E-state index in [1.54, 1.807) is 4.57 Å². The molecule has 0 saturated heterocycles. The van der Waals surface area contributed by atoms with Crippen molar-refractivity contribution in [3.8, 4) is 0 Å². The number of carbonyl (C=O) groups is 1. The molecule has 0 fully saturated rings. The smallest absolute Gasteiger partial charge is 0.313 e. The van der Waals surface area contributed by atoms with Crippen LogP contribution >= 0.6 is 11.8 Å². The molecule has 0 saturated carbocycles. The highest BCUT2D eigenvalue weighted by Gasteiger charge is 2.14. The number of anilines is 1. The zero-order chi connectivity index (χ0) is 15.4. The number of aryl methyl sites for hydroxylation is 1. The molecule has 0 aliphatic rings. The molecule has 112 valence electrons. The average Bonchev–Trinajstić information content (AvgIpc) is 2.77. The van der Waals surface area contributed by atoms with Crippen molar-refractivity contribution in [3.05, 3.63) is 29.6 Å². The molecule has 21 heavy (non-hydrogen) atoms. The molecule has 1 N–H and O–H groups in total. The summed E-state index contributed by atoms with van der Waals surface area (Å²) in [7, 11) is 3.72. The summed E-state index contributed by atoms with van der Waals surface area (Å²) in [5.41, 5.74) is 1.91. The number of aliphatic carboxylic acids is 1. The molecular weight excluding hydrogens is 290 g/mol. The van der Waals surface area contributed by atoms with Crippen molar-refractivity contribution in [2.75, 3.05) is 17.7 Å². The SMILES string of the molecule is Cc1cccc(CN(C)c2nnc(SCC(=O)O)n2C)n1. The topological polar surface area (TPSA) is 84.1 Å². The number of thioether (sulfide) groups is 1. The predicted molar refractivity (Wildman–Crippen MR) is 80.4 cm³/mol. The van der Waals surface area contributed by atoms with Gasteiger partial charge >= 0.3 is 5.97 Å². The van der Waals surface area contributed by atoms with Gasteiger partial charge in [0.25, 0.3) is 0 Å². The van der Waals surface area contributed by atoms with E-state index in [1.807, 2.05) is 44.1 Å². The number of pyridine rings is 1. The molecule has 0 aliphatic carbocycles. The fourth-order valence-electron chi connectivity index (χ4n) is 1.89. The molecule has 0 spiro atoms. The van der Waals surface area contributed by atoms with E-state index in [-0.39, 0.29) is 5.75 Å². The maximum atomic E-state index is 10.6. The number of nitrogens with zero attached hydrogens (tertiary/aromatic N) is 5. The van der Waals surface area contributed by atoms with Crippen molar-refractivity contribution in [3.63, 3.8) is 0 Å². The molecule has 0 amide bonds. The van der Waals surface area contributed by atoms with Gasteiger partial charge in [0.1, 0.15) is 0 Å². The summed E-state index contributed by atoms with van der Waals surface area (Å²) in [5, 5.41) is 17.4. The first-order valence-corrected chi connectivity index (χ1v) is 7.33. The number of carboxylic acid groups (broad SMARTS) is 1. The van der Waals surface area contributed by atoms with Crippen molar-refractivity contribution in [2.24, 2.45) is 7.05 Å². The van der Waals surface area contributed by atoms with E-state index >= 15 is 0 Å². The molecule has 0 atom stereocenters. The first-order valence-electron chi connectivity index (χ1n) is 6.35. The van der Waals surface area contributed by atoms with Crippen molar-refractivity contribution in [2.45, 2.75) is 18.6 Å². The highest BCUT2D eigenvalue weighted by Crippen LogP contribution is 2.20. The third-order valence-electron chi connectivity index (χ3n) is 2.82. The molecule has 2 rings (SSSR count). The average molecular weight is 307 g/mol. The minimum absolute atomic E-state index is 0.0326. The standard InChI is InChI=1S/C13H17N5O2S/c1-9-5-4-6-10(14-9)7-17(2)12-15-16-13(18(12)3)21-8-11(19)20/h4-6H,7-8H2,1-3H3,(H,19,20). The summed E-state index contributed by atoms with van der Waals surface area (Å²) >= 11 is 1.15. The van der Waals surface area contributed by atoms with Crippen LogP contribution in [0.3, 0.4) is 0 Å². The molecule has 0 aromatic carbocycles. The van der Waals surface area contributed by atoms with Crippen LogP contribution in [-0.2, 0) is 18.4 Å². The van der Waals surface area contributed by atoms with Gasteiger partial charge in [-0.05, 0) is 19.1 Å². The third kappa shape index (κ3) is 3.94. The number of aromatic nitrogens is 4. The van der Waals surface area contributed by atoms with Crippen LogP contribution in [0.15, 0.2) is 23.4 Å². The van der Waals surface area contributed by atoms with Gasteiger partial charge in [-0.3, -0.25) is 14.3 Å². The lowest BCUT2D eigenvalue weighted by atomic mass is 10.3. The van der Waals surface area contributed by atoms with Gasteiger partial charge in [-0.25, -0.2) is 0 Å². The van der Waals surface area contributed by atoms with Gasteiger partial charge in [0.05, 0.1) is 18.0 Å². The Kier molecular flexibility index (Phi) is 4.79. The fraction of sp³-hybridized carbons (Fsp3) is 0.385. The second-order valence-corrected chi connectivity index (χ2v) is 5.59. The van der Waals surface area contributed by atoms with Gasteiger partial charge in [-0.1, -0.05) is 17.8 Å². The number of hydrogen-bond acceptors (Lipinski definition) is 6. The van der Waals surface area contributed by atoms with Crippen LogP contribution in [0.2, 0.25) is 0 Å². The normalized spacial score (nSPS) is 10.6. The zero-order valence-electron chi connectivity index (χ0n) is 12.1. The van der Waals surface area contributed by atoms with Gasteiger partial charge in [0, 0.05) is 19.8 Å². The summed E-state index contributed by atoms with van der Waals surface area (Å²) in [6, 6.07) is 5.88. The van der Waals surface area contributed by atoms with Crippen LogP contribution in [0.5, 0.6) is 0 Å². The molecule has 8 heteroatoms. The highest BCUT2D eigenvalue weighted by atomic mass is 32.2. The third-order valence-corrected chi connectivity index (χ3v) is 3.83. The van der Waals surface area contributed by atoms with Crippen molar-refractivity contribution >= 4 is 23.7 Å². The Bertz CT molecular complexity index is 643. The van der Waals surface area contributed by atoms with Crippen LogP contribution in [-0.4, -0.2) is 43.6 Å². The van der Waals surface area contributed by atoms with E-state index in [1.165, 1.54) is 0 Å². The Balaban J connectivity index is 2.09. The second-order valence-electron chi connectivity index (χ2n) is 4.65. The zero-order valence-corrected chi connectivity index (χ0v) is 13.0. The van der Waals surface area contributed by atoms with Gasteiger partial charge in [-0.15, -0.1) is 10.2 Å². The molecule has 0 unspecified atom stereocenters. The van der Waals surface area contributed by atoms with E-state index in [4.69, 9.17) is 5.11 Å². The molecule has 2 aromatic heterocycles. The summed E-state index contributed by atoms with van der Waals surface area (Å²) in [6.45, 7) is 2.56. The summed E-state index contributed by atoms with van der Waals surface area (Å²) < 4.78 is 1.78. The first-order chi connectivity index (χ1) is 9.97. The van der Waals surface area contributed by atoms with E-state index in [2.05, 4.69) is 15.2 Å². The summed E-state index contributed by atoms with van der Waals surface area (Å²) in [5.74, 6) is -0.233. The Morgan fingerprint density at radius 2 is 2.19 bits per heavy atom. The Hall–Kier alpha value is -2.09. The number of rotatable bonds is 6. The Morgan fingerprint density at radius 3 is 2.86 bits per heavy atom. The van der Waals surface area contributed by atoms with E-state index in [0.29, 0.717) is 17.6 Å². The van der Waals surface area contributed by atoms with Gasteiger partial charge < -0.3 is 10.0 Å². The van der Waals surface area contributed by atoms with E-state index < -0.39 is 5.97 Å². The lowest BCUT2D eigenvalue weighted by molar-refractivity contribution is -0.133. The Labute approximate surface area is 127 Å². The first kappa shape index (κ1) is 15.3. The van der Waals surface area contributed by atoms with Crippen molar-refractivity contribution in [1.29, 1.82) is 0 Å². The molecule has 0 aliphatic heterocycles. The minimum atomic E-state index is -0.873. The van der Waals surface area contributed by atoms with Crippen molar-refractivity contribution in [1.82, 2.24) is 19.7 Å². The quantitative estimate of drug-likeness (QED) is 0.806. The molecule has 0 bridgehead atoms.